The molecular formula is C17H15FN2O4S. The summed E-state index contributed by atoms with van der Waals surface area (Å²) in [6, 6.07) is 10.8. The molecule has 0 bridgehead atoms. The van der Waals surface area contributed by atoms with Gasteiger partial charge in [0, 0.05) is 10.9 Å². The van der Waals surface area contributed by atoms with Gasteiger partial charge < -0.3 is 9.73 Å². The summed E-state index contributed by atoms with van der Waals surface area (Å²) in [4.78, 5) is 12.5. The Hall–Kier alpha value is -2.87. The second-order valence-corrected chi connectivity index (χ2v) is 7.30. The minimum atomic E-state index is -3.51. The van der Waals surface area contributed by atoms with Crippen molar-refractivity contribution in [1.82, 2.24) is 0 Å². The van der Waals surface area contributed by atoms with E-state index in [2.05, 4.69) is 10.0 Å². The lowest BCUT2D eigenvalue weighted by atomic mass is 10.1. The summed E-state index contributed by atoms with van der Waals surface area (Å²) in [6.45, 7) is 1.65. The third-order valence-corrected chi connectivity index (χ3v) is 4.18. The van der Waals surface area contributed by atoms with Crippen molar-refractivity contribution in [3.8, 4) is 0 Å². The molecule has 0 radical (unpaired) electrons. The van der Waals surface area contributed by atoms with Gasteiger partial charge in [0.2, 0.25) is 10.0 Å². The number of fused-ring (bicyclic) bond motifs is 1. The number of anilines is 2. The van der Waals surface area contributed by atoms with Crippen LogP contribution in [-0.4, -0.2) is 20.6 Å². The lowest BCUT2D eigenvalue weighted by molar-refractivity contribution is 0.0997. The Bertz CT molecular complexity index is 1070. The van der Waals surface area contributed by atoms with Crippen molar-refractivity contribution in [2.45, 2.75) is 6.92 Å². The molecule has 25 heavy (non-hydrogen) atoms. The first-order chi connectivity index (χ1) is 11.8. The van der Waals surface area contributed by atoms with Crippen LogP contribution >= 0.6 is 0 Å². The fourth-order valence-electron chi connectivity index (χ4n) is 2.49. The molecule has 8 heteroatoms. The average Bonchev–Trinajstić information content (AvgIpc) is 2.87. The monoisotopic (exact) mass is 362 g/mol. The van der Waals surface area contributed by atoms with E-state index < -0.39 is 21.7 Å². The molecule has 2 aromatic carbocycles. The van der Waals surface area contributed by atoms with Crippen LogP contribution in [0.5, 0.6) is 0 Å². The topological polar surface area (TPSA) is 88.4 Å². The Morgan fingerprint density at radius 2 is 1.76 bits per heavy atom. The number of sulfonamides is 1. The third kappa shape index (κ3) is 3.48. The minimum absolute atomic E-state index is 0.00713. The number of hydrogen-bond acceptors (Lipinski definition) is 4. The van der Waals surface area contributed by atoms with E-state index in [-0.39, 0.29) is 22.7 Å². The predicted octanol–water partition coefficient (Wildman–Crippen LogP) is 3.50. The Balaban J connectivity index is 1.96. The molecule has 0 atom stereocenters. The zero-order valence-electron chi connectivity index (χ0n) is 13.5. The molecule has 2 N–H and O–H groups in total. The Morgan fingerprint density at radius 3 is 2.40 bits per heavy atom. The van der Waals surface area contributed by atoms with Gasteiger partial charge in [0.1, 0.15) is 0 Å². The molecule has 1 aromatic heterocycles. The van der Waals surface area contributed by atoms with E-state index in [1.807, 2.05) is 0 Å². The van der Waals surface area contributed by atoms with Crippen LogP contribution in [0.25, 0.3) is 11.0 Å². The van der Waals surface area contributed by atoms with Crippen molar-refractivity contribution in [3.05, 3.63) is 59.6 Å². The fourth-order valence-corrected chi connectivity index (χ4v) is 3.06. The largest absolute Gasteiger partial charge is 0.448 e. The highest BCUT2D eigenvalue weighted by molar-refractivity contribution is 7.92. The third-order valence-electron chi connectivity index (χ3n) is 3.59. The van der Waals surface area contributed by atoms with Crippen LogP contribution in [0.4, 0.5) is 15.8 Å². The van der Waals surface area contributed by atoms with E-state index >= 15 is 0 Å². The quantitative estimate of drug-likeness (QED) is 0.743. The van der Waals surface area contributed by atoms with Gasteiger partial charge in [0.15, 0.2) is 17.2 Å². The minimum Gasteiger partial charge on any atom is -0.448 e. The molecule has 0 saturated heterocycles. The molecule has 0 aliphatic heterocycles. The lowest BCUT2D eigenvalue weighted by Gasteiger charge is -2.11. The van der Waals surface area contributed by atoms with Gasteiger partial charge in [-0.1, -0.05) is 24.3 Å². The number of halogens is 1. The summed E-state index contributed by atoms with van der Waals surface area (Å²) in [5.41, 5.74) is 0.991. The van der Waals surface area contributed by atoms with Crippen molar-refractivity contribution < 1.29 is 22.0 Å². The summed E-state index contributed by atoms with van der Waals surface area (Å²) >= 11 is 0. The molecule has 130 valence electrons. The molecule has 1 amide bonds. The standard InChI is InChI=1S/C17H15FN2O4S/c1-10-11-6-5-7-12(18)16(11)24-15(10)17(21)19-13-8-3-4-9-14(13)20-25(2,22)23/h3-9,20H,1-2H3,(H,19,21). The number of rotatable bonds is 4. The van der Waals surface area contributed by atoms with Crippen LogP contribution in [0.1, 0.15) is 16.1 Å². The predicted molar refractivity (Wildman–Crippen MR) is 93.8 cm³/mol. The van der Waals surface area contributed by atoms with Crippen LogP contribution in [0.2, 0.25) is 0 Å². The molecule has 0 unspecified atom stereocenters. The number of furan rings is 1. The van der Waals surface area contributed by atoms with E-state index in [0.29, 0.717) is 10.9 Å². The SMILES string of the molecule is Cc1c(C(=O)Nc2ccccc2NS(C)(=O)=O)oc2c(F)cccc12. The number of para-hydroxylation sites is 3. The van der Waals surface area contributed by atoms with E-state index in [0.717, 1.165) is 6.26 Å². The maximum absolute atomic E-state index is 13.8. The van der Waals surface area contributed by atoms with Crippen LogP contribution in [0.15, 0.2) is 46.9 Å². The summed E-state index contributed by atoms with van der Waals surface area (Å²) in [7, 11) is -3.51. The van der Waals surface area contributed by atoms with Gasteiger partial charge in [-0.05, 0) is 25.1 Å². The molecule has 0 aliphatic carbocycles. The first kappa shape index (κ1) is 17.0. The highest BCUT2D eigenvalue weighted by Gasteiger charge is 2.20. The fraction of sp³-hybridized carbons (Fsp3) is 0.118. The molecule has 0 aliphatic rings. The maximum Gasteiger partial charge on any atom is 0.291 e. The number of benzene rings is 2. The summed E-state index contributed by atoms with van der Waals surface area (Å²) in [5, 5.41) is 3.10. The van der Waals surface area contributed by atoms with E-state index in [1.165, 1.54) is 18.2 Å². The molecular weight excluding hydrogens is 347 g/mol. The smallest absolute Gasteiger partial charge is 0.291 e. The van der Waals surface area contributed by atoms with Gasteiger partial charge >= 0.3 is 0 Å². The molecule has 0 spiro atoms. The van der Waals surface area contributed by atoms with Gasteiger partial charge in [-0.15, -0.1) is 0 Å². The van der Waals surface area contributed by atoms with Crippen molar-refractivity contribution in [2.75, 3.05) is 16.3 Å². The molecule has 6 nitrogen and oxygen atoms in total. The van der Waals surface area contributed by atoms with Crippen molar-refractivity contribution in [2.24, 2.45) is 0 Å². The van der Waals surface area contributed by atoms with Gasteiger partial charge in [-0.3, -0.25) is 9.52 Å². The van der Waals surface area contributed by atoms with Crippen LogP contribution < -0.4 is 10.0 Å². The summed E-state index contributed by atoms with van der Waals surface area (Å²) in [6.07, 6.45) is 1.01. The second kappa shape index (κ2) is 6.21. The molecule has 3 aromatic rings. The normalized spacial score (nSPS) is 11.5. The van der Waals surface area contributed by atoms with E-state index in [1.54, 1.807) is 31.2 Å². The first-order valence-corrected chi connectivity index (χ1v) is 9.21. The van der Waals surface area contributed by atoms with Crippen molar-refractivity contribution in [1.29, 1.82) is 0 Å². The van der Waals surface area contributed by atoms with Gasteiger partial charge in [-0.2, -0.15) is 0 Å². The first-order valence-electron chi connectivity index (χ1n) is 7.32. The van der Waals surface area contributed by atoms with Crippen LogP contribution in [0, 0.1) is 12.7 Å². The highest BCUT2D eigenvalue weighted by atomic mass is 32.2. The zero-order chi connectivity index (χ0) is 18.2. The van der Waals surface area contributed by atoms with Crippen molar-refractivity contribution in [3.63, 3.8) is 0 Å². The number of carbonyl (C=O) groups excluding carboxylic acids is 1. The van der Waals surface area contributed by atoms with Crippen LogP contribution in [-0.2, 0) is 10.0 Å². The summed E-state index contributed by atoms with van der Waals surface area (Å²) in [5.74, 6) is -1.19. The van der Waals surface area contributed by atoms with Gasteiger partial charge in [0.25, 0.3) is 5.91 Å². The maximum atomic E-state index is 13.8. The van der Waals surface area contributed by atoms with Crippen LogP contribution in [0.3, 0.4) is 0 Å². The zero-order valence-corrected chi connectivity index (χ0v) is 14.3. The Labute approximate surface area is 143 Å². The number of aryl methyl sites for hydroxylation is 1. The van der Waals surface area contributed by atoms with Gasteiger partial charge in [0.05, 0.1) is 17.6 Å². The van der Waals surface area contributed by atoms with E-state index in [9.17, 15) is 17.6 Å². The molecule has 0 fully saturated rings. The second-order valence-electron chi connectivity index (χ2n) is 5.55. The highest BCUT2D eigenvalue weighted by Crippen LogP contribution is 2.29. The average molecular weight is 362 g/mol. The Morgan fingerprint density at radius 1 is 1.08 bits per heavy atom. The lowest BCUT2D eigenvalue weighted by Crippen LogP contribution is -2.16. The molecule has 1 heterocycles. The van der Waals surface area contributed by atoms with E-state index in [4.69, 9.17) is 4.42 Å². The summed E-state index contributed by atoms with van der Waals surface area (Å²) < 4.78 is 44.4. The number of carbonyl (C=O) groups is 1. The molecule has 3 rings (SSSR count). The van der Waals surface area contributed by atoms with Gasteiger partial charge in [-0.25, -0.2) is 12.8 Å². The Kier molecular flexibility index (Phi) is 4.22. The number of amides is 1. The number of hydrogen-bond donors (Lipinski definition) is 2. The number of nitrogens with one attached hydrogen (secondary N) is 2. The van der Waals surface area contributed by atoms with Crippen molar-refractivity contribution >= 4 is 38.3 Å². The molecule has 0 saturated carbocycles.